The van der Waals surface area contributed by atoms with Crippen molar-refractivity contribution in [1.82, 2.24) is 4.98 Å². The Morgan fingerprint density at radius 1 is 0.714 bits per heavy atom. The molecule has 0 N–H and O–H groups in total. The van der Waals surface area contributed by atoms with Crippen LogP contribution in [0.1, 0.15) is 61.6 Å². The number of rotatable bonds is 5. The lowest BCUT2D eigenvalue weighted by atomic mass is 9.53. The fourth-order valence-corrected chi connectivity index (χ4v) is 7.31. The molecule has 210 valence electrons. The Balaban J connectivity index is 1.43. The van der Waals surface area contributed by atoms with Crippen molar-refractivity contribution in [2.75, 3.05) is 0 Å². The summed E-state index contributed by atoms with van der Waals surface area (Å²) in [5.41, 5.74) is 5.77. The quantitative estimate of drug-likeness (QED) is 0.200. The summed E-state index contributed by atoms with van der Waals surface area (Å²) in [6.07, 6.45) is 7.24. The largest absolute Gasteiger partial charge is 0.514 e. The van der Waals surface area contributed by atoms with Crippen LogP contribution < -0.4 is 5.59 Å². The highest BCUT2D eigenvalue weighted by Crippen LogP contribution is 2.54. The van der Waals surface area contributed by atoms with E-state index in [4.69, 9.17) is 14.3 Å². The summed E-state index contributed by atoms with van der Waals surface area (Å²) in [6, 6.07) is 37.4. The minimum absolute atomic E-state index is 0.124. The van der Waals surface area contributed by atoms with Crippen LogP contribution in [0.2, 0.25) is 0 Å². The van der Waals surface area contributed by atoms with Gasteiger partial charge in [-0.2, -0.15) is 0 Å². The normalized spacial score (nSPS) is 23.8. The van der Waals surface area contributed by atoms with E-state index in [1.54, 1.807) is 0 Å². The maximum Gasteiger partial charge on any atom is 0.514 e. The minimum Gasteiger partial charge on any atom is -0.398 e. The van der Waals surface area contributed by atoms with Crippen LogP contribution in [0.4, 0.5) is 0 Å². The first-order chi connectivity index (χ1) is 20.3. The standard InChI is InChI=1S/C37H37BN2O2/c1-35(2)36(3,4)42-38(41-35)34-21-20-30-31-25-39-23-22-29(31)32(24-33(30)40-34)37(26-14-8-5-9-15-26,27-16-10-6-11-17-27)28-18-12-7-13-19-28/h5-23,25,29,31-32H,24H2,1-4H3. The third-order valence-electron chi connectivity index (χ3n) is 10.1. The van der Waals surface area contributed by atoms with Gasteiger partial charge < -0.3 is 9.31 Å². The van der Waals surface area contributed by atoms with Gasteiger partial charge >= 0.3 is 7.12 Å². The average molecular weight is 553 g/mol. The van der Waals surface area contributed by atoms with Crippen molar-refractivity contribution in [3.8, 4) is 0 Å². The van der Waals surface area contributed by atoms with Crippen molar-refractivity contribution in [3.05, 3.63) is 143 Å². The van der Waals surface area contributed by atoms with Crippen molar-refractivity contribution in [2.45, 2.75) is 56.7 Å². The molecular weight excluding hydrogens is 515 g/mol. The predicted molar refractivity (Wildman–Crippen MR) is 170 cm³/mol. The van der Waals surface area contributed by atoms with Gasteiger partial charge in [-0.15, -0.1) is 0 Å². The summed E-state index contributed by atoms with van der Waals surface area (Å²) < 4.78 is 12.9. The maximum absolute atomic E-state index is 6.43. The number of nitrogens with zero attached hydrogens (tertiary/aromatic N) is 2. The van der Waals surface area contributed by atoms with Gasteiger partial charge in [-0.1, -0.05) is 103 Å². The molecule has 0 bridgehead atoms. The Morgan fingerprint density at radius 3 is 1.76 bits per heavy atom. The Kier molecular flexibility index (Phi) is 6.56. The topological polar surface area (TPSA) is 43.7 Å². The number of aromatic nitrogens is 1. The molecule has 1 aliphatic carbocycles. The zero-order valence-corrected chi connectivity index (χ0v) is 24.8. The van der Waals surface area contributed by atoms with Crippen molar-refractivity contribution >= 4 is 18.9 Å². The Bertz CT molecular complexity index is 1520. The molecule has 1 aromatic heterocycles. The molecule has 4 aromatic rings. The van der Waals surface area contributed by atoms with Gasteiger partial charge in [-0.05, 0) is 74.3 Å². The predicted octanol–water partition coefficient (Wildman–Crippen LogP) is 6.89. The second kappa shape index (κ2) is 10.2. The van der Waals surface area contributed by atoms with Gasteiger partial charge in [0.1, 0.15) is 0 Å². The van der Waals surface area contributed by atoms with Crippen LogP contribution in [0.25, 0.3) is 0 Å². The molecule has 0 spiro atoms. The molecular formula is C37H37BN2O2. The molecule has 3 atom stereocenters. The highest BCUT2D eigenvalue weighted by Gasteiger charge is 2.54. The van der Waals surface area contributed by atoms with Gasteiger partial charge in [0.2, 0.25) is 0 Å². The number of fused-ring (bicyclic) bond motifs is 3. The summed E-state index contributed by atoms with van der Waals surface area (Å²) in [4.78, 5) is 9.98. The molecule has 7 rings (SSSR count). The number of aliphatic imine (C=N–C) groups is 1. The van der Waals surface area contributed by atoms with E-state index >= 15 is 0 Å². The number of allylic oxidation sites excluding steroid dienone is 1. The van der Waals surface area contributed by atoms with E-state index in [1.807, 2.05) is 6.20 Å². The van der Waals surface area contributed by atoms with E-state index in [2.05, 4.69) is 148 Å². The zero-order valence-electron chi connectivity index (χ0n) is 24.8. The summed E-state index contributed by atoms with van der Waals surface area (Å²) in [5.74, 6) is 0.533. The Labute approximate surface area is 249 Å². The number of hydrogen-bond acceptors (Lipinski definition) is 4. The molecule has 0 saturated carbocycles. The summed E-state index contributed by atoms with van der Waals surface area (Å²) in [6.45, 7) is 8.35. The first kappa shape index (κ1) is 27.1. The van der Waals surface area contributed by atoms with Crippen LogP contribution in [0.3, 0.4) is 0 Å². The van der Waals surface area contributed by atoms with E-state index in [0.29, 0.717) is 0 Å². The Hall–Kier alpha value is -3.80. The molecule has 42 heavy (non-hydrogen) atoms. The van der Waals surface area contributed by atoms with E-state index in [0.717, 1.165) is 17.7 Å². The number of pyridine rings is 1. The van der Waals surface area contributed by atoms with E-state index < -0.39 is 23.7 Å². The van der Waals surface area contributed by atoms with Crippen LogP contribution in [0.5, 0.6) is 0 Å². The Morgan fingerprint density at radius 2 is 1.24 bits per heavy atom. The third-order valence-corrected chi connectivity index (χ3v) is 10.1. The second-order valence-electron chi connectivity index (χ2n) is 12.8. The molecule has 3 aromatic carbocycles. The molecule has 3 heterocycles. The van der Waals surface area contributed by atoms with Crippen molar-refractivity contribution in [2.24, 2.45) is 16.8 Å². The van der Waals surface area contributed by atoms with Gasteiger partial charge in [-0.3, -0.25) is 9.98 Å². The molecule has 0 radical (unpaired) electrons. The van der Waals surface area contributed by atoms with Crippen LogP contribution >= 0.6 is 0 Å². The lowest BCUT2D eigenvalue weighted by Crippen LogP contribution is -2.48. The average Bonchev–Trinajstić information content (AvgIpc) is 3.25. The van der Waals surface area contributed by atoms with Gasteiger partial charge in [-0.25, -0.2) is 0 Å². The SMILES string of the molecule is CC1(C)OB(c2ccc3c(n2)CC(C(c2ccccc2)(c2ccccc2)c2ccccc2)C2C=CN=CC32)OC1(C)C. The van der Waals surface area contributed by atoms with Crippen molar-refractivity contribution in [3.63, 3.8) is 0 Å². The fraction of sp³-hybridized carbons (Fsp3) is 0.297. The first-order valence-electron chi connectivity index (χ1n) is 15.0. The molecule has 3 aliphatic rings. The molecule has 3 unspecified atom stereocenters. The summed E-state index contributed by atoms with van der Waals surface area (Å²) >= 11 is 0. The third kappa shape index (κ3) is 4.21. The van der Waals surface area contributed by atoms with Crippen LogP contribution in [-0.4, -0.2) is 29.5 Å². The highest BCUT2D eigenvalue weighted by molar-refractivity contribution is 6.61. The van der Waals surface area contributed by atoms with E-state index in [1.165, 1.54) is 22.3 Å². The molecule has 2 aliphatic heterocycles. The van der Waals surface area contributed by atoms with E-state index in [9.17, 15) is 0 Å². The molecule has 4 nitrogen and oxygen atoms in total. The van der Waals surface area contributed by atoms with Crippen LogP contribution in [0.15, 0.2) is 120 Å². The van der Waals surface area contributed by atoms with E-state index in [-0.39, 0.29) is 17.8 Å². The number of benzene rings is 3. The van der Waals surface area contributed by atoms with Gasteiger partial charge in [0, 0.05) is 29.4 Å². The lowest BCUT2D eigenvalue weighted by molar-refractivity contribution is 0.00578. The molecule has 5 heteroatoms. The minimum atomic E-state index is -0.501. The summed E-state index contributed by atoms with van der Waals surface area (Å²) in [5, 5.41) is 0. The van der Waals surface area contributed by atoms with Crippen molar-refractivity contribution in [1.29, 1.82) is 0 Å². The molecule has 1 fully saturated rings. The fourth-order valence-electron chi connectivity index (χ4n) is 7.31. The zero-order chi connectivity index (χ0) is 29.0. The molecule has 1 saturated heterocycles. The van der Waals surface area contributed by atoms with Crippen LogP contribution in [-0.2, 0) is 21.1 Å². The van der Waals surface area contributed by atoms with Gasteiger partial charge in [0.15, 0.2) is 0 Å². The monoisotopic (exact) mass is 552 g/mol. The van der Waals surface area contributed by atoms with Gasteiger partial charge in [0.25, 0.3) is 0 Å². The number of hydrogen-bond donors (Lipinski definition) is 0. The highest BCUT2D eigenvalue weighted by atomic mass is 16.7. The lowest BCUT2D eigenvalue weighted by Gasteiger charge is -2.49. The van der Waals surface area contributed by atoms with Gasteiger partial charge in [0.05, 0.1) is 16.8 Å². The maximum atomic E-state index is 6.43. The first-order valence-corrected chi connectivity index (χ1v) is 15.0. The molecule has 0 amide bonds. The van der Waals surface area contributed by atoms with Crippen LogP contribution in [0, 0.1) is 11.8 Å². The summed E-state index contributed by atoms with van der Waals surface area (Å²) in [7, 11) is -0.501. The second-order valence-corrected chi connectivity index (χ2v) is 12.8. The smallest absolute Gasteiger partial charge is 0.398 e. The van der Waals surface area contributed by atoms with Crippen molar-refractivity contribution < 1.29 is 9.31 Å².